The summed E-state index contributed by atoms with van der Waals surface area (Å²) in [6, 6.07) is 0. The van der Waals surface area contributed by atoms with Crippen LogP contribution in [0.4, 0.5) is 4.79 Å². The molecule has 1 amide bonds. The largest absolute Gasteiger partial charge is 0.457 e. The Morgan fingerprint density at radius 2 is 1.86 bits per heavy atom. The standard InChI is InChI=1S/C14H24N3O5/c1-5-21-11(18)10(16-15)14(20)6-8-17(9-7-14)12(19)22-13(2,3)4/h15,20H,5-9H2,1-4H3/q+1. The van der Waals surface area contributed by atoms with Crippen molar-refractivity contribution in [3.05, 3.63) is 0 Å². The van der Waals surface area contributed by atoms with Gasteiger partial charge >= 0.3 is 17.8 Å². The summed E-state index contributed by atoms with van der Waals surface area (Å²) in [5.74, 6) is -0.800. The first-order valence-electron chi connectivity index (χ1n) is 7.25. The maximum absolute atomic E-state index is 12.0. The highest BCUT2D eigenvalue weighted by atomic mass is 16.6. The average molecular weight is 314 g/mol. The molecule has 0 aromatic rings. The highest BCUT2D eigenvalue weighted by Crippen LogP contribution is 2.25. The number of rotatable bonds is 3. The van der Waals surface area contributed by atoms with Crippen LogP contribution in [0.15, 0.2) is 0 Å². The van der Waals surface area contributed by atoms with E-state index in [4.69, 9.17) is 15.0 Å². The van der Waals surface area contributed by atoms with Crippen molar-refractivity contribution in [2.75, 3.05) is 19.7 Å². The second-order valence-corrected chi connectivity index (χ2v) is 6.18. The van der Waals surface area contributed by atoms with Crippen molar-refractivity contribution in [3.63, 3.8) is 0 Å². The van der Waals surface area contributed by atoms with Gasteiger partial charge in [0.15, 0.2) is 5.60 Å². The normalized spacial score (nSPS) is 17.4. The van der Waals surface area contributed by atoms with Gasteiger partial charge in [0, 0.05) is 25.9 Å². The zero-order valence-corrected chi connectivity index (χ0v) is 13.5. The van der Waals surface area contributed by atoms with Gasteiger partial charge in [-0.2, -0.15) is 0 Å². The molecule has 1 saturated heterocycles. The third kappa shape index (κ3) is 4.54. The lowest BCUT2D eigenvalue weighted by atomic mass is 9.86. The van der Waals surface area contributed by atoms with Gasteiger partial charge in [-0.1, -0.05) is 0 Å². The number of hydrogen-bond acceptors (Lipinski definition) is 6. The van der Waals surface area contributed by atoms with Crippen LogP contribution in [0.1, 0.15) is 40.5 Å². The van der Waals surface area contributed by atoms with Gasteiger partial charge in [-0.05, 0) is 27.7 Å². The van der Waals surface area contributed by atoms with Crippen molar-refractivity contribution < 1.29 is 29.0 Å². The number of nitrogens with one attached hydrogen (secondary N) is 1. The second kappa shape index (κ2) is 6.89. The van der Waals surface area contributed by atoms with E-state index in [1.807, 2.05) is 0 Å². The zero-order chi connectivity index (χ0) is 17.0. The van der Waals surface area contributed by atoms with E-state index in [0.717, 1.165) is 0 Å². The summed E-state index contributed by atoms with van der Waals surface area (Å²) in [4.78, 5) is 28.3. The van der Waals surface area contributed by atoms with Crippen LogP contribution in [0.5, 0.6) is 0 Å². The molecule has 1 aliphatic rings. The van der Waals surface area contributed by atoms with Crippen LogP contribution >= 0.6 is 0 Å². The van der Waals surface area contributed by atoms with Crippen LogP contribution in [0.3, 0.4) is 0 Å². The molecule has 8 nitrogen and oxygen atoms in total. The molecular formula is C14H24N3O5+. The molecule has 8 heteroatoms. The van der Waals surface area contributed by atoms with Gasteiger partial charge in [0.05, 0.1) is 16.9 Å². The fourth-order valence-electron chi connectivity index (χ4n) is 2.16. The predicted octanol–water partition coefficient (Wildman–Crippen LogP) is 0.992. The Morgan fingerprint density at radius 1 is 1.32 bits per heavy atom. The van der Waals surface area contributed by atoms with Crippen molar-refractivity contribution >= 4 is 17.8 Å². The van der Waals surface area contributed by atoms with Crippen LogP contribution in [-0.2, 0) is 14.3 Å². The van der Waals surface area contributed by atoms with Crippen LogP contribution in [-0.4, -0.2) is 63.5 Å². The molecule has 1 heterocycles. The van der Waals surface area contributed by atoms with E-state index in [9.17, 15) is 14.7 Å². The lowest BCUT2D eigenvalue weighted by Gasteiger charge is -2.35. The number of ether oxygens (including phenoxy) is 2. The van der Waals surface area contributed by atoms with Crippen molar-refractivity contribution in [2.24, 2.45) is 0 Å². The topological polar surface area (TPSA) is 114 Å². The summed E-state index contributed by atoms with van der Waals surface area (Å²) in [7, 11) is 0. The van der Waals surface area contributed by atoms with Crippen LogP contribution in [0, 0.1) is 5.53 Å². The van der Waals surface area contributed by atoms with E-state index < -0.39 is 23.3 Å². The summed E-state index contributed by atoms with van der Waals surface area (Å²) in [5.41, 5.74) is 4.64. The molecule has 0 aliphatic carbocycles. The van der Waals surface area contributed by atoms with E-state index in [-0.39, 0.29) is 38.2 Å². The number of likely N-dealkylation sites (tertiary alicyclic amines) is 1. The summed E-state index contributed by atoms with van der Waals surface area (Å²) in [5, 5.41) is 10.5. The van der Waals surface area contributed by atoms with Gasteiger partial charge in [0.1, 0.15) is 5.60 Å². The van der Waals surface area contributed by atoms with Gasteiger partial charge < -0.3 is 19.5 Å². The molecular weight excluding hydrogens is 290 g/mol. The number of amides is 1. The summed E-state index contributed by atoms with van der Waals surface area (Å²) < 4.78 is 10.1. The van der Waals surface area contributed by atoms with E-state index in [2.05, 4.69) is 4.79 Å². The first kappa shape index (κ1) is 18.1. The molecule has 22 heavy (non-hydrogen) atoms. The number of hydrogen-bond donors (Lipinski definition) is 2. The minimum Gasteiger partial charge on any atom is -0.457 e. The maximum atomic E-state index is 12.0. The number of piperidine rings is 1. The quantitative estimate of drug-likeness (QED) is 0.349. The number of esters is 1. The Kier molecular flexibility index (Phi) is 5.68. The molecule has 0 bridgehead atoms. The number of carbonyl (C=O) groups is 2. The second-order valence-electron chi connectivity index (χ2n) is 6.18. The highest BCUT2D eigenvalue weighted by molar-refractivity contribution is 6.37. The number of aliphatic hydroxyl groups is 1. The molecule has 0 aromatic heterocycles. The van der Waals surface area contributed by atoms with Gasteiger partial charge in [0.2, 0.25) is 0 Å². The summed E-state index contributed by atoms with van der Waals surface area (Å²) >= 11 is 0. The monoisotopic (exact) mass is 314 g/mol. The molecule has 0 saturated carbocycles. The van der Waals surface area contributed by atoms with Gasteiger partial charge in [-0.25, -0.2) is 9.59 Å². The van der Waals surface area contributed by atoms with Gasteiger partial charge in [-0.15, -0.1) is 0 Å². The van der Waals surface area contributed by atoms with Crippen molar-refractivity contribution in [1.82, 2.24) is 4.90 Å². The summed E-state index contributed by atoms with van der Waals surface area (Å²) in [6.07, 6.45) is -0.263. The fourth-order valence-corrected chi connectivity index (χ4v) is 2.16. The SMILES string of the molecule is CCOC(=O)C(=[N+]=N)C1(O)CCN(C(=O)OC(C)(C)C)CC1. The Balaban J connectivity index is 2.72. The van der Waals surface area contributed by atoms with Crippen LogP contribution in [0.25, 0.3) is 0 Å². The molecule has 1 aliphatic heterocycles. The minimum atomic E-state index is -1.55. The van der Waals surface area contributed by atoms with Gasteiger partial charge in [0.25, 0.3) is 0 Å². The molecule has 0 aromatic carbocycles. The van der Waals surface area contributed by atoms with E-state index in [1.54, 1.807) is 27.7 Å². The Labute approximate surface area is 129 Å². The number of carbonyl (C=O) groups excluding carboxylic acids is 2. The Bertz CT molecular complexity index is 483. The van der Waals surface area contributed by atoms with E-state index >= 15 is 0 Å². The third-order valence-electron chi connectivity index (χ3n) is 3.26. The van der Waals surface area contributed by atoms with Gasteiger partial charge in [-0.3, -0.25) is 0 Å². The molecule has 0 spiro atoms. The Morgan fingerprint density at radius 3 is 2.27 bits per heavy atom. The van der Waals surface area contributed by atoms with Crippen LogP contribution in [0.2, 0.25) is 0 Å². The maximum Gasteiger partial charge on any atom is 0.455 e. The zero-order valence-electron chi connectivity index (χ0n) is 13.5. The van der Waals surface area contributed by atoms with E-state index in [1.165, 1.54) is 4.90 Å². The Hall–Kier alpha value is -1.92. The lowest BCUT2D eigenvalue weighted by Crippen LogP contribution is -2.54. The lowest BCUT2D eigenvalue weighted by molar-refractivity contribution is -0.164. The molecule has 2 N–H and O–H groups in total. The molecule has 1 rings (SSSR count). The predicted molar refractivity (Wildman–Crippen MR) is 76.6 cm³/mol. The molecule has 1 fully saturated rings. The van der Waals surface area contributed by atoms with Crippen molar-refractivity contribution in [2.45, 2.75) is 51.7 Å². The first-order chi connectivity index (χ1) is 10.1. The molecule has 124 valence electrons. The smallest absolute Gasteiger partial charge is 0.455 e. The summed E-state index contributed by atoms with van der Waals surface area (Å²) in [6.45, 7) is 7.52. The molecule has 0 radical (unpaired) electrons. The van der Waals surface area contributed by atoms with Crippen molar-refractivity contribution in [3.8, 4) is 0 Å². The third-order valence-corrected chi connectivity index (χ3v) is 3.26. The molecule has 0 unspecified atom stereocenters. The van der Waals surface area contributed by atoms with Crippen LogP contribution < -0.4 is 0 Å². The fraction of sp³-hybridized carbons (Fsp3) is 0.786. The first-order valence-corrected chi connectivity index (χ1v) is 7.25. The highest BCUT2D eigenvalue weighted by Gasteiger charge is 2.51. The van der Waals surface area contributed by atoms with E-state index in [0.29, 0.717) is 0 Å². The minimum absolute atomic E-state index is 0.1000. The average Bonchev–Trinajstić information content (AvgIpc) is 2.38. The van der Waals surface area contributed by atoms with Crippen molar-refractivity contribution in [1.29, 1.82) is 5.53 Å². The molecule has 0 atom stereocenters. The number of nitrogens with zero attached hydrogens (tertiary/aromatic N) is 2.